The summed E-state index contributed by atoms with van der Waals surface area (Å²) in [4.78, 5) is 32.2. The summed E-state index contributed by atoms with van der Waals surface area (Å²) < 4.78 is 15.9. The van der Waals surface area contributed by atoms with E-state index in [2.05, 4.69) is 10.2 Å². The summed E-state index contributed by atoms with van der Waals surface area (Å²) in [6.07, 6.45) is 3.97. The van der Waals surface area contributed by atoms with Crippen LogP contribution in [0.15, 0.2) is 78.9 Å². The van der Waals surface area contributed by atoms with Gasteiger partial charge in [-0.25, -0.2) is 4.79 Å². The van der Waals surface area contributed by atoms with E-state index < -0.39 is 0 Å². The third-order valence-corrected chi connectivity index (χ3v) is 7.07. The standard InChI is InChI=1S/C32H38N4O5/c1-39-28-14-10-26(11-15-28)31(37)35(18-6-8-25-7-4-5-9-30(25)41-3)22-19-34-20-23-36(24-21-34)32(38)33-27-12-16-29(40-2)17-13-27/h4-17H,18-24H2,1-3H3,(H,33,38)/b8-6+. The van der Waals surface area contributed by atoms with Gasteiger partial charge in [-0.05, 0) is 54.6 Å². The van der Waals surface area contributed by atoms with Crippen molar-refractivity contribution in [2.75, 3.05) is 72.5 Å². The molecule has 3 aromatic carbocycles. The van der Waals surface area contributed by atoms with Crippen molar-refractivity contribution in [3.63, 3.8) is 0 Å². The number of hydrogen-bond acceptors (Lipinski definition) is 6. The number of nitrogens with zero attached hydrogens (tertiary/aromatic N) is 3. The van der Waals surface area contributed by atoms with Crippen molar-refractivity contribution >= 4 is 23.7 Å². The molecule has 216 valence electrons. The van der Waals surface area contributed by atoms with Crippen molar-refractivity contribution in [1.82, 2.24) is 14.7 Å². The van der Waals surface area contributed by atoms with E-state index >= 15 is 0 Å². The van der Waals surface area contributed by atoms with Gasteiger partial charge in [0.15, 0.2) is 0 Å². The zero-order valence-electron chi connectivity index (χ0n) is 23.9. The third kappa shape index (κ3) is 8.25. The van der Waals surface area contributed by atoms with Crippen LogP contribution in [-0.4, -0.2) is 93.8 Å². The summed E-state index contributed by atoms with van der Waals surface area (Å²) in [6.45, 7) is 4.41. The first kappa shape index (κ1) is 29.5. The quantitative estimate of drug-likeness (QED) is 0.367. The highest BCUT2D eigenvalue weighted by molar-refractivity contribution is 5.94. The minimum atomic E-state index is -0.118. The van der Waals surface area contributed by atoms with Gasteiger partial charge in [0, 0.05) is 62.6 Å². The molecule has 3 aromatic rings. The van der Waals surface area contributed by atoms with Crippen molar-refractivity contribution in [3.8, 4) is 17.2 Å². The van der Waals surface area contributed by atoms with Crippen molar-refractivity contribution in [2.24, 2.45) is 0 Å². The predicted octanol–water partition coefficient (Wildman–Crippen LogP) is 4.72. The first-order chi connectivity index (χ1) is 20.0. The number of carbonyl (C=O) groups excluding carboxylic acids is 2. The number of anilines is 1. The number of benzene rings is 3. The lowest BCUT2D eigenvalue weighted by Crippen LogP contribution is -2.51. The Morgan fingerprint density at radius 3 is 2.10 bits per heavy atom. The van der Waals surface area contributed by atoms with Crippen LogP contribution < -0.4 is 19.5 Å². The Morgan fingerprint density at radius 1 is 0.829 bits per heavy atom. The van der Waals surface area contributed by atoms with Gasteiger partial charge in [-0.15, -0.1) is 0 Å². The fourth-order valence-corrected chi connectivity index (χ4v) is 4.62. The van der Waals surface area contributed by atoms with Gasteiger partial charge in [-0.3, -0.25) is 9.69 Å². The first-order valence-electron chi connectivity index (χ1n) is 13.7. The Balaban J connectivity index is 1.34. The molecule has 9 heteroatoms. The molecule has 0 unspecified atom stereocenters. The molecule has 0 radical (unpaired) electrons. The second kappa shape index (κ2) is 14.8. The Kier molecular flexibility index (Phi) is 10.6. The lowest BCUT2D eigenvalue weighted by atomic mass is 10.1. The van der Waals surface area contributed by atoms with Gasteiger partial charge < -0.3 is 29.3 Å². The van der Waals surface area contributed by atoms with E-state index in [0.717, 1.165) is 35.8 Å². The van der Waals surface area contributed by atoms with Gasteiger partial charge >= 0.3 is 6.03 Å². The second-order valence-corrected chi connectivity index (χ2v) is 9.61. The van der Waals surface area contributed by atoms with Crippen LogP contribution in [0.3, 0.4) is 0 Å². The number of methoxy groups -OCH3 is 3. The van der Waals surface area contributed by atoms with E-state index in [0.29, 0.717) is 44.0 Å². The molecule has 1 saturated heterocycles. The van der Waals surface area contributed by atoms with E-state index in [4.69, 9.17) is 14.2 Å². The number of hydrogen-bond donors (Lipinski definition) is 1. The summed E-state index contributed by atoms with van der Waals surface area (Å²) >= 11 is 0. The van der Waals surface area contributed by atoms with Gasteiger partial charge in [0.25, 0.3) is 5.91 Å². The van der Waals surface area contributed by atoms with Crippen LogP contribution in [0.1, 0.15) is 15.9 Å². The Labute approximate surface area is 241 Å². The molecule has 41 heavy (non-hydrogen) atoms. The van der Waals surface area contributed by atoms with Crippen molar-refractivity contribution in [2.45, 2.75) is 0 Å². The fraction of sp³-hybridized carbons (Fsp3) is 0.312. The van der Waals surface area contributed by atoms with Crippen LogP contribution in [0.2, 0.25) is 0 Å². The minimum Gasteiger partial charge on any atom is -0.497 e. The third-order valence-electron chi connectivity index (χ3n) is 7.07. The smallest absolute Gasteiger partial charge is 0.321 e. The van der Waals surface area contributed by atoms with Crippen LogP contribution >= 0.6 is 0 Å². The molecule has 0 spiro atoms. The molecule has 4 rings (SSSR count). The molecule has 0 atom stereocenters. The number of nitrogens with one attached hydrogen (secondary N) is 1. The van der Waals surface area contributed by atoms with E-state index in [9.17, 15) is 9.59 Å². The molecular weight excluding hydrogens is 520 g/mol. The van der Waals surface area contributed by atoms with Crippen LogP contribution in [0.5, 0.6) is 17.2 Å². The second-order valence-electron chi connectivity index (χ2n) is 9.61. The molecule has 0 aliphatic carbocycles. The zero-order chi connectivity index (χ0) is 29.0. The van der Waals surface area contributed by atoms with Crippen LogP contribution in [-0.2, 0) is 0 Å². The van der Waals surface area contributed by atoms with Crippen LogP contribution in [0, 0.1) is 0 Å². The number of amides is 3. The van der Waals surface area contributed by atoms with Crippen molar-refractivity contribution in [3.05, 3.63) is 90.0 Å². The summed E-state index contributed by atoms with van der Waals surface area (Å²) in [6, 6.07) is 22.1. The number of piperazine rings is 1. The summed E-state index contributed by atoms with van der Waals surface area (Å²) in [5.74, 6) is 2.19. The topological polar surface area (TPSA) is 83.6 Å². The molecule has 0 saturated carbocycles. The largest absolute Gasteiger partial charge is 0.497 e. The molecule has 1 aliphatic heterocycles. The highest BCUT2D eigenvalue weighted by Crippen LogP contribution is 2.19. The Bertz CT molecular complexity index is 1300. The average Bonchev–Trinajstić information content (AvgIpc) is 3.03. The molecule has 1 N–H and O–H groups in total. The van der Waals surface area contributed by atoms with E-state index in [1.54, 1.807) is 45.6 Å². The maximum Gasteiger partial charge on any atom is 0.321 e. The molecule has 1 aliphatic rings. The normalized spacial score (nSPS) is 13.6. The molecule has 0 aromatic heterocycles. The van der Waals surface area contributed by atoms with Gasteiger partial charge in [0.2, 0.25) is 0 Å². The molecule has 0 bridgehead atoms. The Hall–Kier alpha value is -4.50. The monoisotopic (exact) mass is 558 g/mol. The molecule has 3 amide bonds. The van der Waals surface area contributed by atoms with Gasteiger partial charge in [-0.2, -0.15) is 0 Å². The molecule has 1 fully saturated rings. The fourth-order valence-electron chi connectivity index (χ4n) is 4.62. The van der Waals surface area contributed by atoms with Crippen LogP contribution in [0.25, 0.3) is 6.08 Å². The zero-order valence-corrected chi connectivity index (χ0v) is 23.9. The lowest BCUT2D eigenvalue weighted by Gasteiger charge is -2.35. The predicted molar refractivity (Wildman–Crippen MR) is 161 cm³/mol. The summed E-state index contributed by atoms with van der Waals surface area (Å²) in [7, 11) is 4.86. The number of urea groups is 1. The van der Waals surface area contributed by atoms with Crippen molar-refractivity contribution in [1.29, 1.82) is 0 Å². The Morgan fingerprint density at radius 2 is 1.46 bits per heavy atom. The van der Waals surface area contributed by atoms with Gasteiger partial charge in [0.05, 0.1) is 21.3 Å². The first-order valence-corrected chi connectivity index (χ1v) is 13.7. The average molecular weight is 559 g/mol. The van der Waals surface area contributed by atoms with E-state index in [1.807, 2.05) is 70.5 Å². The number of carbonyl (C=O) groups is 2. The minimum absolute atomic E-state index is 0.0464. The highest BCUT2D eigenvalue weighted by atomic mass is 16.5. The summed E-state index contributed by atoms with van der Waals surface area (Å²) in [5, 5.41) is 2.95. The maximum atomic E-state index is 13.5. The van der Waals surface area contributed by atoms with Gasteiger partial charge in [0.1, 0.15) is 17.2 Å². The maximum absolute atomic E-state index is 13.5. The number of para-hydroxylation sites is 1. The molecular formula is C32H38N4O5. The van der Waals surface area contributed by atoms with Crippen LogP contribution in [0.4, 0.5) is 10.5 Å². The number of rotatable bonds is 11. The molecule has 1 heterocycles. The SMILES string of the molecule is COc1ccc(NC(=O)N2CCN(CCN(C/C=C/c3ccccc3OC)C(=O)c3ccc(OC)cc3)CC2)cc1. The van der Waals surface area contributed by atoms with Crippen molar-refractivity contribution < 1.29 is 23.8 Å². The summed E-state index contributed by atoms with van der Waals surface area (Å²) in [5.41, 5.74) is 2.29. The molecule has 9 nitrogen and oxygen atoms in total. The van der Waals surface area contributed by atoms with E-state index in [1.165, 1.54) is 0 Å². The lowest BCUT2D eigenvalue weighted by molar-refractivity contribution is 0.0739. The van der Waals surface area contributed by atoms with E-state index in [-0.39, 0.29) is 11.9 Å². The number of ether oxygens (including phenoxy) is 3. The highest BCUT2D eigenvalue weighted by Gasteiger charge is 2.23. The van der Waals surface area contributed by atoms with Gasteiger partial charge in [-0.1, -0.05) is 30.4 Å².